The van der Waals surface area contributed by atoms with Crippen LogP contribution in [0, 0.1) is 0 Å². The van der Waals surface area contributed by atoms with Crippen molar-refractivity contribution in [1.29, 1.82) is 0 Å². The van der Waals surface area contributed by atoms with Gasteiger partial charge in [-0.15, -0.1) is 0 Å². The largest absolute Gasteiger partial charge is 0.330 e. The van der Waals surface area contributed by atoms with Crippen molar-refractivity contribution in [2.75, 3.05) is 18.2 Å². The Labute approximate surface area is 173 Å². The first-order valence-electron chi connectivity index (χ1n) is 9.95. The third-order valence-electron chi connectivity index (χ3n) is 5.44. The van der Waals surface area contributed by atoms with Crippen LogP contribution in [0.2, 0.25) is 0 Å². The molecule has 30 heavy (non-hydrogen) atoms. The molecule has 1 atom stereocenters. The molecule has 5 heterocycles. The van der Waals surface area contributed by atoms with E-state index in [4.69, 9.17) is 9.98 Å². The number of aliphatic imine (C=N–C) groups is 1. The molecule has 6 rings (SSSR count). The van der Waals surface area contributed by atoms with Crippen LogP contribution in [0.5, 0.6) is 0 Å². The molecule has 0 saturated heterocycles. The number of fused-ring (bicyclic) bond motifs is 5. The number of aromatic nitrogens is 4. The second kappa shape index (κ2) is 6.93. The minimum Gasteiger partial charge on any atom is -0.330 e. The van der Waals surface area contributed by atoms with Crippen LogP contribution in [-0.2, 0) is 6.54 Å². The summed E-state index contributed by atoms with van der Waals surface area (Å²) >= 11 is 0. The fourth-order valence-corrected chi connectivity index (χ4v) is 4.07. The first kappa shape index (κ1) is 17.1. The zero-order valence-electron chi connectivity index (χ0n) is 16.3. The normalized spacial score (nSPS) is 18.5. The van der Waals surface area contributed by atoms with Gasteiger partial charge in [0.25, 0.3) is 0 Å². The average molecular weight is 396 g/mol. The van der Waals surface area contributed by atoms with Crippen molar-refractivity contribution >= 4 is 22.9 Å². The van der Waals surface area contributed by atoms with Crippen LogP contribution in [0.4, 0.5) is 5.95 Å². The molecule has 0 unspecified atom stereocenters. The zero-order chi connectivity index (χ0) is 19.9. The third-order valence-corrected chi connectivity index (χ3v) is 5.44. The minimum absolute atomic E-state index is 0.161. The second-order valence-electron chi connectivity index (χ2n) is 7.41. The van der Waals surface area contributed by atoms with Crippen LogP contribution in [0.25, 0.3) is 11.0 Å². The van der Waals surface area contributed by atoms with Gasteiger partial charge < -0.3 is 5.32 Å². The van der Waals surface area contributed by atoms with Crippen molar-refractivity contribution in [2.45, 2.75) is 12.7 Å². The lowest BCUT2D eigenvalue weighted by molar-refractivity contribution is 0.261. The molecular formula is C22H20N8. The predicted molar refractivity (Wildman–Crippen MR) is 115 cm³/mol. The molecule has 0 amide bonds. The maximum absolute atomic E-state index is 4.95. The van der Waals surface area contributed by atoms with E-state index >= 15 is 0 Å². The summed E-state index contributed by atoms with van der Waals surface area (Å²) in [7, 11) is 0. The minimum atomic E-state index is -0.161. The van der Waals surface area contributed by atoms with E-state index in [0.717, 1.165) is 40.9 Å². The number of nitrogens with zero attached hydrogens (tertiary/aromatic N) is 7. The number of pyridine rings is 2. The second-order valence-corrected chi connectivity index (χ2v) is 7.41. The Morgan fingerprint density at radius 3 is 2.60 bits per heavy atom. The standard InChI is InChI=1S/C22H20N8/c1-2-10-19-17(8-1)26-22-29-15-28(13-16-7-3-5-11-23-16)14-25-21(29)27-20(30(19)22)18-9-4-6-12-24-18/h1-12,20H,13-15H2,(H,25,27)/t20-/m0/s1. The number of para-hydroxylation sites is 2. The summed E-state index contributed by atoms with van der Waals surface area (Å²) < 4.78 is 2.21. The number of benzene rings is 1. The van der Waals surface area contributed by atoms with E-state index in [2.05, 4.69) is 35.7 Å². The highest BCUT2D eigenvalue weighted by molar-refractivity contribution is 5.98. The number of hydrogen-bond acceptors (Lipinski definition) is 7. The van der Waals surface area contributed by atoms with Crippen LogP contribution in [0.1, 0.15) is 17.6 Å². The van der Waals surface area contributed by atoms with Gasteiger partial charge in [-0.3, -0.25) is 24.3 Å². The lowest BCUT2D eigenvalue weighted by Gasteiger charge is -2.41. The Bertz CT molecular complexity index is 1220. The molecule has 0 aliphatic carbocycles. The quantitative estimate of drug-likeness (QED) is 0.574. The maximum Gasteiger partial charge on any atom is 0.216 e. The van der Waals surface area contributed by atoms with Gasteiger partial charge in [0.15, 0.2) is 6.17 Å². The molecule has 3 aromatic heterocycles. The lowest BCUT2D eigenvalue weighted by atomic mass is 10.2. The molecule has 2 aliphatic rings. The van der Waals surface area contributed by atoms with E-state index in [-0.39, 0.29) is 6.17 Å². The topological polar surface area (TPSA) is 74.5 Å². The van der Waals surface area contributed by atoms with E-state index in [9.17, 15) is 0 Å². The maximum atomic E-state index is 4.95. The van der Waals surface area contributed by atoms with Crippen molar-refractivity contribution < 1.29 is 0 Å². The molecule has 0 spiro atoms. The number of rotatable bonds is 3. The summed E-state index contributed by atoms with van der Waals surface area (Å²) in [5.41, 5.74) is 3.98. The van der Waals surface area contributed by atoms with Gasteiger partial charge in [-0.1, -0.05) is 24.3 Å². The zero-order valence-corrected chi connectivity index (χ0v) is 16.3. The molecule has 4 aromatic rings. The highest BCUT2D eigenvalue weighted by Crippen LogP contribution is 2.33. The number of hydrogen-bond donors (Lipinski definition) is 1. The van der Waals surface area contributed by atoms with Crippen molar-refractivity contribution in [3.05, 3.63) is 84.4 Å². The smallest absolute Gasteiger partial charge is 0.216 e. The fraction of sp³-hybridized carbons (Fsp3) is 0.182. The SMILES string of the molecule is c1ccc(CN2CN=C3N[C@H](c4ccccn4)n4c(nc5ccccc54)N3C2)nc1. The third kappa shape index (κ3) is 2.81. The van der Waals surface area contributed by atoms with Crippen LogP contribution in [-0.4, -0.2) is 43.7 Å². The Morgan fingerprint density at radius 2 is 1.77 bits per heavy atom. The van der Waals surface area contributed by atoms with Crippen LogP contribution < -0.4 is 10.2 Å². The van der Waals surface area contributed by atoms with Gasteiger partial charge in [-0.05, 0) is 36.4 Å². The average Bonchev–Trinajstić information content (AvgIpc) is 3.20. The van der Waals surface area contributed by atoms with Gasteiger partial charge >= 0.3 is 0 Å². The Hall–Kier alpha value is -3.78. The molecule has 0 bridgehead atoms. The molecule has 1 aromatic carbocycles. The Morgan fingerprint density at radius 1 is 0.933 bits per heavy atom. The molecule has 2 aliphatic heterocycles. The molecule has 8 heteroatoms. The predicted octanol–water partition coefficient (Wildman–Crippen LogP) is 2.57. The molecule has 0 radical (unpaired) electrons. The van der Waals surface area contributed by atoms with Crippen molar-refractivity contribution in [1.82, 2.24) is 29.7 Å². The first-order valence-corrected chi connectivity index (χ1v) is 9.95. The first-order chi connectivity index (χ1) is 14.9. The molecule has 0 fully saturated rings. The van der Waals surface area contributed by atoms with Gasteiger partial charge in [0.05, 0.1) is 35.8 Å². The molecule has 1 N–H and O–H groups in total. The summed E-state index contributed by atoms with van der Waals surface area (Å²) in [5.74, 6) is 1.70. The fourth-order valence-electron chi connectivity index (χ4n) is 4.07. The van der Waals surface area contributed by atoms with Crippen LogP contribution in [0.3, 0.4) is 0 Å². The highest BCUT2D eigenvalue weighted by Gasteiger charge is 2.36. The number of anilines is 1. The Balaban J connectivity index is 1.42. The number of nitrogens with one attached hydrogen (secondary N) is 1. The summed E-state index contributed by atoms with van der Waals surface area (Å²) in [6, 6.07) is 20.2. The van der Waals surface area contributed by atoms with E-state index in [1.807, 2.05) is 67.0 Å². The summed E-state index contributed by atoms with van der Waals surface area (Å²) in [6.45, 7) is 2.02. The summed E-state index contributed by atoms with van der Waals surface area (Å²) in [5, 5.41) is 3.58. The van der Waals surface area contributed by atoms with Crippen LogP contribution in [0.15, 0.2) is 78.0 Å². The van der Waals surface area contributed by atoms with Gasteiger partial charge in [-0.25, -0.2) is 9.98 Å². The lowest BCUT2D eigenvalue weighted by Crippen LogP contribution is -2.57. The van der Waals surface area contributed by atoms with Crippen molar-refractivity contribution in [3.63, 3.8) is 0 Å². The van der Waals surface area contributed by atoms with E-state index in [1.165, 1.54) is 0 Å². The van der Waals surface area contributed by atoms with Gasteiger partial charge in [-0.2, -0.15) is 0 Å². The van der Waals surface area contributed by atoms with Gasteiger partial charge in [0.2, 0.25) is 11.9 Å². The number of imidazole rings is 1. The molecule has 8 nitrogen and oxygen atoms in total. The summed E-state index contributed by atoms with van der Waals surface area (Å²) in [6.07, 6.45) is 3.48. The Kier molecular flexibility index (Phi) is 3.95. The van der Waals surface area contributed by atoms with Crippen molar-refractivity contribution in [3.8, 4) is 0 Å². The monoisotopic (exact) mass is 396 g/mol. The molecule has 148 valence electrons. The molecule has 0 saturated carbocycles. The van der Waals surface area contributed by atoms with Crippen LogP contribution >= 0.6 is 0 Å². The highest BCUT2D eigenvalue weighted by atomic mass is 15.5. The van der Waals surface area contributed by atoms with Crippen molar-refractivity contribution in [2.24, 2.45) is 4.99 Å². The van der Waals surface area contributed by atoms with E-state index in [0.29, 0.717) is 13.3 Å². The number of guanidine groups is 1. The van der Waals surface area contributed by atoms with E-state index < -0.39 is 0 Å². The van der Waals surface area contributed by atoms with E-state index in [1.54, 1.807) is 0 Å². The summed E-state index contributed by atoms with van der Waals surface area (Å²) in [4.78, 5) is 23.2. The molecular weight excluding hydrogens is 376 g/mol. The van der Waals surface area contributed by atoms with Gasteiger partial charge in [0, 0.05) is 18.9 Å². The van der Waals surface area contributed by atoms with Gasteiger partial charge in [0.1, 0.15) is 0 Å².